The first-order valence-corrected chi connectivity index (χ1v) is 8.06. The van der Waals surface area contributed by atoms with Crippen LogP contribution in [0, 0.1) is 5.41 Å². The van der Waals surface area contributed by atoms with Crippen LogP contribution in [0.2, 0.25) is 0 Å². The van der Waals surface area contributed by atoms with Crippen molar-refractivity contribution in [2.75, 3.05) is 13.3 Å². The average Bonchev–Trinajstić information content (AvgIpc) is 3.20. The quantitative estimate of drug-likeness (QED) is 0.861. The van der Waals surface area contributed by atoms with E-state index in [1.807, 2.05) is 12.1 Å². The Balaban J connectivity index is 1.71. The summed E-state index contributed by atoms with van der Waals surface area (Å²) in [5.41, 5.74) is -0.199. The maximum Gasteiger partial charge on any atom is 0.310 e. The first-order valence-electron chi connectivity index (χ1n) is 7.24. The topological polar surface area (TPSA) is 97.8 Å². The third-order valence-electron chi connectivity index (χ3n) is 3.62. The van der Waals surface area contributed by atoms with E-state index in [-0.39, 0.29) is 19.2 Å². The molecule has 0 bridgehead atoms. The van der Waals surface area contributed by atoms with Gasteiger partial charge in [-0.3, -0.25) is 9.59 Å². The van der Waals surface area contributed by atoms with E-state index in [1.54, 1.807) is 19.9 Å². The summed E-state index contributed by atoms with van der Waals surface area (Å²) in [7, 11) is 0. The van der Waals surface area contributed by atoms with Crippen molar-refractivity contribution in [3.8, 4) is 22.1 Å². The van der Waals surface area contributed by atoms with Crippen LogP contribution in [0.3, 0.4) is 0 Å². The Morgan fingerprint density at radius 2 is 2.08 bits per heavy atom. The molecule has 0 fully saturated rings. The molecule has 8 heteroatoms. The molecule has 2 aromatic rings. The molecule has 1 amide bonds. The van der Waals surface area contributed by atoms with E-state index >= 15 is 0 Å². The fraction of sp³-hybridized carbons (Fsp3) is 0.312. The molecule has 3 rings (SSSR count). The van der Waals surface area contributed by atoms with Crippen LogP contribution in [-0.4, -0.2) is 35.3 Å². The number of benzene rings is 1. The van der Waals surface area contributed by atoms with E-state index in [0.717, 1.165) is 5.56 Å². The molecule has 0 atom stereocenters. The van der Waals surface area contributed by atoms with Crippen molar-refractivity contribution in [2.45, 2.75) is 13.8 Å². The highest BCUT2D eigenvalue weighted by Crippen LogP contribution is 2.36. The summed E-state index contributed by atoms with van der Waals surface area (Å²) in [5.74, 6) is 0.0306. The van der Waals surface area contributed by atoms with Crippen molar-refractivity contribution in [1.82, 2.24) is 10.3 Å². The van der Waals surface area contributed by atoms with Crippen molar-refractivity contribution in [3.05, 3.63) is 29.3 Å². The molecule has 2 N–H and O–H groups in total. The van der Waals surface area contributed by atoms with Gasteiger partial charge in [0.1, 0.15) is 9.88 Å². The molecule has 24 heavy (non-hydrogen) atoms. The number of carboxylic acids is 1. The highest BCUT2D eigenvalue weighted by Gasteiger charge is 2.28. The summed E-state index contributed by atoms with van der Waals surface area (Å²) in [6.07, 6.45) is 1.48. The van der Waals surface area contributed by atoms with Gasteiger partial charge >= 0.3 is 5.97 Å². The summed E-state index contributed by atoms with van der Waals surface area (Å²) < 4.78 is 10.6. The fourth-order valence-electron chi connectivity index (χ4n) is 2.01. The first kappa shape index (κ1) is 16.3. The predicted molar refractivity (Wildman–Crippen MR) is 87.4 cm³/mol. The molecule has 0 saturated heterocycles. The number of thiazole rings is 1. The Morgan fingerprint density at radius 1 is 1.33 bits per heavy atom. The van der Waals surface area contributed by atoms with Crippen LogP contribution in [0.15, 0.2) is 24.4 Å². The molecule has 1 aromatic heterocycles. The molecule has 7 nitrogen and oxygen atoms in total. The van der Waals surface area contributed by atoms with E-state index in [9.17, 15) is 9.59 Å². The minimum atomic E-state index is -1.03. The molecule has 1 aliphatic rings. The molecular formula is C16H16N2O5S. The number of ether oxygens (including phenoxy) is 2. The lowest BCUT2D eigenvalue weighted by Gasteiger charge is -2.18. The minimum absolute atomic E-state index is 0.0401. The number of hydrogen-bond donors (Lipinski definition) is 2. The van der Waals surface area contributed by atoms with Crippen LogP contribution in [0.1, 0.15) is 23.5 Å². The van der Waals surface area contributed by atoms with E-state index in [1.165, 1.54) is 17.5 Å². The Hall–Kier alpha value is -2.61. The maximum atomic E-state index is 12.2. The zero-order valence-corrected chi connectivity index (χ0v) is 14.0. The number of nitrogens with zero attached hydrogens (tertiary/aromatic N) is 1. The zero-order chi connectivity index (χ0) is 17.3. The number of carbonyl (C=O) groups excluding carboxylic acids is 1. The van der Waals surface area contributed by atoms with Crippen LogP contribution < -0.4 is 14.8 Å². The van der Waals surface area contributed by atoms with Gasteiger partial charge in [0.15, 0.2) is 11.5 Å². The highest BCUT2D eigenvalue weighted by atomic mass is 32.1. The van der Waals surface area contributed by atoms with Gasteiger partial charge in [-0.1, -0.05) is 0 Å². The second kappa shape index (κ2) is 6.12. The molecule has 0 spiro atoms. The van der Waals surface area contributed by atoms with Gasteiger partial charge in [-0.2, -0.15) is 0 Å². The second-order valence-corrected chi connectivity index (χ2v) is 7.00. The molecule has 1 aliphatic heterocycles. The second-order valence-electron chi connectivity index (χ2n) is 5.97. The van der Waals surface area contributed by atoms with E-state index in [4.69, 9.17) is 14.6 Å². The Kier molecular flexibility index (Phi) is 4.15. The molecular weight excluding hydrogens is 332 g/mol. The zero-order valence-electron chi connectivity index (χ0n) is 13.2. The smallest absolute Gasteiger partial charge is 0.310 e. The third kappa shape index (κ3) is 3.18. The van der Waals surface area contributed by atoms with Crippen molar-refractivity contribution in [3.63, 3.8) is 0 Å². The van der Waals surface area contributed by atoms with Crippen LogP contribution in [0.4, 0.5) is 0 Å². The van der Waals surface area contributed by atoms with Crippen LogP contribution in [-0.2, 0) is 4.79 Å². The van der Waals surface area contributed by atoms with Crippen LogP contribution >= 0.6 is 11.3 Å². The molecule has 126 valence electrons. The van der Waals surface area contributed by atoms with Gasteiger partial charge in [0, 0.05) is 12.1 Å². The summed E-state index contributed by atoms with van der Waals surface area (Å²) in [6, 6.07) is 5.46. The number of aliphatic carboxylic acids is 1. The molecule has 0 unspecified atom stereocenters. The van der Waals surface area contributed by atoms with E-state index in [2.05, 4.69) is 10.3 Å². The van der Waals surface area contributed by atoms with Gasteiger partial charge in [0.25, 0.3) is 5.91 Å². The Labute approximate surface area is 142 Å². The van der Waals surface area contributed by atoms with Crippen LogP contribution in [0.5, 0.6) is 11.5 Å². The number of amides is 1. The third-order valence-corrected chi connectivity index (χ3v) is 4.66. The van der Waals surface area contributed by atoms with Crippen molar-refractivity contribution in [1.29, 1.82) is 0 Å². The Bertz CT molecular complexity index is 800. The van der Waals surface area contributed by atoms with Gasteiger partial charge in [-0.25, -0.2) is 4.98 Å². The highest BCUT2D eigenvalue weighted by molar-refractivity contribution is 7.16. The molecule has 0 radical (unpaired) electrons. The normalized spacial score (nSPS) is 12.9. The lowest BCUT2D eigenvalue weighted by atomic mass is 9.94. The van der Waals surface area contributed by atoms with Gasteiger partial charge in [-0.05, 0) is 32.0 Å². The lowest BCUT2D eigenvalue weighted by molar-refractivity contribution is -0.146. The molecule has 2 heterocycles. The monoisotopic (exact) mass is 348 g/mol. The van der Waals surface area contributed by atoms with Crippen molar-refractivity contribution < 1.29 is 24.2 Å². The SMILES string of the molecule is CC(C)(CNC(=O)c1cnc(-c2ccc3c(c2)OCO3)s1)C(=O)O. The average molecular weight is 348 g/mol. The van der Waals surface area contributed by atoms with Crippen molar-refractivity contribution >= 4 is 23.2 Å². The van der Waals surface area contributed by atoms with E-state index < -0.39 is 11.4 Å². The summed E-state index contributed by atoms with van der Waals surface area (Å²) in [5, 5.41) is 12.4. The summed E-state index contributed by atoms with van der Waals surface area (Å²) in [4.78, 5) is 27.9. The Morgan fingerprint density at radius 3 is 2.83 bits per heavy atom. The number of carboxylic acid groups (broad SMARTS) is 1. The minimum Gasteiger partial charge on any atom is -0.481 e. The van der Waals surface area contributed by atoms with Crippen molar-refractivity contribution in [2.24, 2.45) is 5.41 Å². The molecule has 1 aromatic carbocycles. The van der Waals surface area contributed by atoms with Gasteiger partial charge in [0.05, 0.1) is 11.6 Å². The lowest BCUT2D eigenvalue weighted by Crippen LogP contribution is -2.38. The standard InChI is InChI=1S/C16H16N2O5S/c1-16(2,15(20)21)7-18-13(19)12-6-17-14(24-12)9-3-4-10-11(5-9)23-8-22-10/h3-6H,7-8H2,1-2H3,(H,18,19)(H,20,21). The molecule has 0 saturated carbocycles. The predicted octanol–water partition coefficient (Wildman–Crippen LogP) is 2.38. The fourth-order valence-corrected chi connectivity index (χ4v) is 2.83. The molecule has 0 aliphatic carbocycles. The van der Waals surface area contributed by atoms with E-state index in [0.29, 0.717) is 21.4 Å². The van der Waals surface area contributed by atoms with Gasteiger partial charge < -0.3 is 19.9 Å². The maximum absolute atomic E-state index is 12.2. The van der Waals surface area contributed by atoms with Crippen LogP contribution in [0.25, 0.3) is 10.6 Å². The van der Waals surface area contributed by atoms with Gasteiger partial charge in [-0.15, -0.1) is 11.3 Å². The first-order chi connectivity index (χ1) is 11.4. The number of fused-ring (bicyclic) bond motifs is 1. The number of carbonyl (C=O) groups is 2. The van der Waals surface area contributed by atoms with Gasteiger partial charge in [0.2, 0.25) is 6.79 Å². The number of aromatic nitrogens is 1. The summed E-state index contributed by atoms with van der Waals surface area (Å²) >= 11 is 1.23. The number of rotatable bonds is 5. The number of nitrogens with one attached hydrogen (secondary N) is 1. The summed E-state index contributed by atoms with van der Waals surface area (Å²) in [6.45, 7) is 3.35. The number of hydrogen-bond acceptors (Lipinski definition) is 6. The largest absolute Gasteiger partial charge is 0.481 e.